The van der Waals surface area contributed by atoms with Crippen molar-refractivity contribution in [3.63, 3.8) is 0 Å². The van der Waals surface area contributed by atoms with E-state index < -0.39 is 0 Å². The van der Waals surface area contributed by atoms with Crippen molar-refractivity contribution < 1.29 is 14.3 Å². The maximum atomic E-state index is 12.6. The van der Waals surface area contributed by atoms with Crippen LogP contribution in [0, 0.1) is 0 Å². The van der Waals surface area contributed by atoms with E-state index in [1.54, 1.807) is 36.4 Å². The Morgan fingerprint density at radius 2 is 2.04 bits per heavy atom. The van der Waals surface area contributed by atoms with Gasteiger partial charge in [0.05, 0.1) is 24.4 Å². The van der Waals surface area contributed by atoms with E-state index in [0.29, 0.717) is 34.4 Å². The molecule has 2 aromatic carbocycles. The first-order chi connectivity index (χ1) is 13.1. The zero-order chi connectivity index (χ0) is 19.2. The van der Waals surface area contributed by atoms with Crippen LogP contribution in [0.4, 0.5) is 5.69 Å². The average Bonchev–Trinajstić information content (AvgIpc) is 3.21. The topological polar surface area (TPSA) is 91.2 Å². The van der Waals surface area contributed by atoms with E-state index in [2.05, 4.69) is 20.8 Å². The van der Waals surface area contributed by atoms with Gasteiger partial charge < -0.3 is 14.8 Å². The zero-order valence-electron chi connectivity index (χ0n) is 14.8. The molecule has 0 saturated carbocycles. The van der Waals surface area contributed by atoms with Crippen molar-refractivity contribution >= 4 is 23.2 Å². The highest BCUT2D eigenvalue weighted by molar-refractivity contribution is 6.32. The van der Waals surface area contributed by atoms with E-state index >= 15 is 0 Å². The summed E-state index contributed by atoms with van der Waals surface area (Å²) in [7, 11) is 1.50. The van der Waals surface area contributed by atoms with Gasteiger partial charge in [-0.25, -0.2) is 4.68 Å². The van der Waals surface area contributed by atoms with Gasteiger partial charge in [0, 0.05) is 11.3 Å². The molecule has 1 N–H and O–H groups in total. The molecule has 0 aliphatic carbocycles. The van der Waals surface area contributed by atoms with E-state index in [9.17, 15) is 4.79 Å². The number of rotatable bonds is 7. The summed E-state index contributed by atoms with van der Waals surface area (Å²) in [6.07, 6.45) is 2.33. The maximum Gasteiger partial charge on any atom is 0.255 e. The number of carbonyl (C=O) groups is 1. The summed E-state index contributed by atoms with van der Waals surface area (Å²) in [6.45, 7) is 2.50. The van der Waals surface area contributed by atoms with Crippen LogP contribution in [0.2, 0.25) is 5.02 Å². The van der Waals surface area contributed by atoms with Gasteiger partial charge in [-0.2, -0.15) is 0 Å². The van der Waals surface area contributed by atoms with Crippen molar-refractivity contribution in [2.45, 2.75) is 13.3 Å². The molecule has 27 heavy (non-hydrogen) atoms. The first-order valence-corrected chi connectivity index (χ1v) is 8.65. The van der Waals surface area contributed by atoms with E-state index in [1.165, 1.54) is 18.1 Å². The fourth-order valence-electron chi connectivity index (χ4n) is 2.38. The number of hydrogen-bond donors (Lipinski definition) is 1. The van der Waals surface area contributed by atoms with Crippen molar-refractivity contribution in [3.05, 3.63) is 53.3 Å². The molecule has 140 valence electrons. The Labute approximate surface area is 161 Å². The molecule has 0 fully saturated rings. The summed E-state index contributed by atoms with van der Waals surface area (Å²) in [6, 6.07) is 10.3. The SMILES string of the molecule is CCCOc1c(Cl)cc(C(=O)Nc2ccc(-n3cnnn3)cc2)cc1OC. The number of ether oxygens (including phenoxy) is 2. The Kier molecular flexibility index (Phi) is 5.87. The Bertz CT molecular complexity index is 914. The number of halogens is 1. The quantitative estimate of drug-likeness (QED) is 0.668. The number of anilines is 1. The lowest BCUT2D eigenvalue weighted by Crippen LogP contribution is -2.12. The van der Waals surface area contributed by atoms with Crippen molar-refractivity contribution in [2.24, 2.45) is 0 Å². The van der Waals surface area contributed by atoms with Crippen molar-refractivity contribution in [1.82, 2.24) is 20.2 Å². The fourth-order valence-corrected chi connectivity index (χ4v) is 2.64. The molecule has 0 spiro atoms. The Balaban J connectivity index is 1.76. The van der Waals surface area contributed by atoms with Crippen LogP contribution in [-0.4, -0.2) is 39.8 Å². The number of nitrogens with zero attached hydrogens (tertiary/aromatic N) is 4. The smallest absolute Gasteiger partial charge is 0.255 e. The third kappa shape index (κ3) is 4.35. The molecule has 0 radical (unpaired) electrons. The molecule has 0 aliphatic heterocycles. The second-order valence-corrected chi connectivity index (χ2v) is 6.00. The van der Waals surface area contributed by atoms with E-state index in [-0.39, 0.29) is 5.91 Å². The largest absolute Gasteiger partial charge is 0.493 e. The molecule has 0 saturated heterocycles. The van der Waals surface area contributed by atoms with Crippen LogP contribution in [0.1, 0.15) is 23.7 Å². The molecule has 3 aromatic rings. The lowest BCUT2D eigenvalue weighted by Gasteiger charge is -2.14. The summed E-state index contributed by atoms with van der Waals surface area (Å²) in [5.41, 5.74) is 1.77. The van der Waals surface area contributed by atoms with Gasteiger partial charge in [0.1, 0.15) is 6.33 Å². The highest BCUT2D eigenvalue weighted by atomic mass is 35.5. The van der Waals surface area contributed by atoms with Gasteiger partial charge in [0.15, 0.2) is 11.5 Å². The first kappa shape index (κ1) is 18.7. The molecule has 3 rings (SSSR count). The summed E-state index contributed by atoms with van der Waals surface area (Å²) in [5, 5.41) is 14.1. The summed E-state index contributed by atoms with van der Waals surface area (Å²) >= 11 is 6.27. The molecule has 1 amide bonds. The Morgan fingerprint density at radius 3 is 2.67 bits per heavy atom. The third-order valence-corrected chi connectivity index (χ3v) is 3.96. The van der Waals surface area contributed by atoms with Crippen molar-refractivity contribution in [1.29, 1.82) is 0 Å². The number of carbonyl (C=O) groups excluding carboxylic acids is 1. The van der Waals surface area contributed by atoms with Crippen LogP contribution in [0.15, 0.2) is 42.7 Å². The standard InChI is InChI=1S/C18H18ClN5O3/c1-3-8-27-17-15(19)9-12(10-16(17)26-2)18(25)21-13-4-6-14(7-5-13)24-11-20-22-23-24/h4-7,9-11H,3,8H2,1-2H3,(H,21,25). The predicted molar refractivity (Wildman–Crippen MR) is 101 cm³/mol. The van der Waals surface area contributed by atoms with Crippen LogP contribution in [0.3, 0.4) is 0 Å². The number of hydrogen-bond acceptors (Lipinski definition) is 6. The minimum Gasteiger partial charge on any atom is -0.493 e. The maximum absolute atomic E-state index is 12.6. The lowest BCUT2D eigenvalue weighted by atomic mass is 10.1. The molecular weight excluding hydrogens is 370 g/mol. The fraction of sp³-hybridized carbons (Fsp3) is 0.222. The van der Waals surface area contributed by atoms with Gasteiger partial charge in [-0.1, -0.05) is 18.5 Å². The molecule has 0 unspecified atom stereocenters. The molecular formula is C18H18ClN5O3. The monoisotopic (exact) mass is 387 g/mol. The van der Waals surface area contributed by atoms with Crippen LogP contribution in [0.5, 0.6) is 11.5 Å². The predicted octanol–water partition coefficient (Wildman–Crippen LogP) is 3.37. The molecule has 1 heterocycles. The van der Waals surface area contributed by atoms with E-state index in [4.69, 9.17) is 21.1 Å². The minimum absolute atomic E-state index is 0.313. The van der Waals surface area contributed by atoms with E-state index in [0.717, 1.165) is 12.1 Å². The van der Waals surface area contributed by atoms with Gasteiger partial charge in [-0.15, -0.1) is 5.10 Å². The molecule has 0 atom stereocenters. The second-order valence-electron chi connectivity index (χ2n) is 5.59. The van der Waals surface area contributed by atoms with Gasteiger partial charge in [-0.05, 0) is 53.2 Å². The van der Waals surface area contributed by atoms with E-state index in [1.807, 2.05) is 6.92 Å². The van der Waals surface area contributed by atoms with Gasteiger partial charge in [-0.3, -0.25) is 4.79 Å². The summed E-state index contributed by atoms with van der Waals surface area (Å²) < 4.78 is 12.4. The number of methoxy groups -OCH3 is 1. The van der Waals surface area contributed by atoms with Gasteiger partial charge in [0.25, 0.3) is 5.91 Å². The van der Waals surface area contributed by atoms with Crippen molar-refractivity contribution in [2.75, 3.05) is 19.0 Å². The molecule has 1 aromatic heterocycles. The number of aromatic nitrogens is 4. The number of tetrazole rings is 1. The number of nitrogens with one attached hydrogen (secondary N) is 1. The average molecular weight is 388 g/mol. The zero-order valence-corrected chi connectivity index (χ0v) is 15.6. The van der Waals surface area contributed by atoms with Gasteiger partial charge >= 0.3 is 0 Å². The molecule has 9 heteroatoms. The molecule has 8 nitrogen and oxygen atoms in total. The Hall–Kier alpha value is -3.13. The highest BCUT2D eigenvalue weighted by Crippen LogP contribution is 2.36. The normalized spacial score (nSPS) is 10.5. The summed E-state index contributed by atoms with van der Waals surface area (Å²) in [4.78, 5) is 12.6. The first-order valence-electron chi connectivity index (χ1n) is 8.27. The van der Waals surface area contributed by atoms with Crippen LogP contribution < -0.4 is 14.8 Å². The molecule has 0 aliphatic rings. The number of amides is 1. The molecule has 0 bridgehead atoms. The lowest BCUT2D eigenvalue weighted by molar-refractivity contribution is 0.102. The van der Waals surface area contributed by atoms with Crippen LogP contribution in [-0.2, 0) is 0 Å². The van der Waals surface area contributed by atoms with Crippen molar-refractivity contribution in [3.8, 4) is 17.2 Å². The highest BCUT2D eigenvalue weighted by Gasteiger charge is 2.16. The minimum atomic E-state index is -0.313. The third-order valence-electron chi connectivity index (χ3n) is 3.68. The van der Waals surface area contributed by atoms with Crippen LogP contribution >= 0.6 is 11.6 Å². The Morgan fingerprint density at radius 1 is 1.26 bits per heavy atom. The summed E-state index contributed by atoms with van der Waals surface area (Å²) in [5.74, 6) is 0.533. The van der Waals surface area contributed by atoms with Gasteiger partial charge in [0.2, 0.25) is 0 Å². The number of benzene rings is 2. The van der Waals surface area contributed by atoms with Crippen LogP contribution in [0.25, 0.3) is 5.69 Å². The second kappa shape index (κ2) is 8.50.